The van der Waals surface area contributed by atoms with Crippen LogP contribution in [0.3, 0.4) is 0 Å². The van der Waals surface area contributed by atoms with Crippen molar-refractivity contribution in [2.45, 2.75) is 45.8 Å². The molecule has 1 aromatic heterocycles. The van der Waals surface area contributed by atoms with Crippen LogP contribution in [0, 0.1) is 0 Å². The van der Waals surface area contributed by atoms with Gasteiger partial charge in [-0.1, -0.05) is 12.1 Å². The lowest BCUT2D eigenvalue weighted by Gasteiger charge is -2.21. The van der Waals surface area contributed by atoms with Gasteiger partial charge in [0.1, 0.15) is 5.60 Å². The summed E-state index contributed by atoms with van der Waals surface area (Å²) >= 11 is 0. The molecule has 5 heteroatoms. The highest BCUT2D eigenvalue weighted by Gasteiger charge is 2.31. The Morgan fingerprint density at radius 1 is 1.31 bits per heavy atom. The molecule has 0 aliphatic rings. The number of ether oxygens (including phenoxy) is 1. The van der Waals surface area contributed by atoms with Gasteiger partial charge in [-0.15, -0.1) is 0 Å². The first-order valence-corrected chi connectivity index (χ1v) is 5.48. The quantitative estimate of drug-likeness (QED) is 0.831. The fourth-order valence-corrected chi connectivity index (χ4v) is 1.33. The molecule has 0 fully saturated rings. The van der Waals surface area contributed by atoms with E-state index in [-0.39, 0.29) is 5.54 Å². The Hall–Kier alpha value is -0.940. The minimum absolute atomic E-state index is 0.316. The number of hydrogen-bond donors (Lipinski definition) is 1. The molecule has 0 saturated heterocycles. The van der Waals surface area contributed by atoms with Gasteiger partial charge in [0.2, 0.25) is 11.7 Å². The van der Waals surface area contributed by atoms with Crippen LogP contribution in [0.15, 0.2) is 4.52 Å². The summed E-state index contributed by atoms with van der Waals surface area (Å²) in [5.41, 5.74) is -0.839. The highest BCUT2D eigenvalue weighted by molar-refractivity contribution is 5.03. The Morgan fingerprint density at radius 2 is 1.94 bits per heavy atom. The van der Waals surface area contributed by atoms with Crippen molar-refractivity contribution in [1.29, 1.82) is 0 Å². The monoisotopic (exact) mass is 227 g/mol. The van der Waals surface area contributed by atoms with Crippen molar-refractivity contribution in [3.05, 3.63) is 11.7 Å². The molecule has 0 amide bonds. The molecular formula is C11H21N3O2. The van der Waals surface area contributed by atoms with Crippen LogP contribution in [0.4, 0.5) is 0 Å². The minimum Gasteiger partial charge on any atom is -0.371 e. The molecule has 1 N–H and O–H groups in total. The summed E-state index contributed by atoms with van der Waals surface area (Å²) in [7, 11) is 1.63. The Labute approximate surface area is 96.6 Å². The number of rotatable bonds is 5. The van der Waals surface area contributed by atoms with Gasteiger partial charge < -0.3 is 14.6 Å². The molecule has 0 bridgehead atoms. The molecule has 1 aromatic rings. The van der Waals surface area contributed by atoms with E-state index in [1.54, 1.807) is 7.11 Å². The van der Waals surface area contributed by atoms with Gasteiger partial charge in [-0.05, 0) is 34.2 Å². The average molecular weight is 227 g/mol. The lowest BCUT2D eigenvalue weighted by Crippen LogP contribution is -2.36. The van der Waals surface area contributed by atoms with E-state index in [0.717, 1.165) is 6.54 Å². The molecule has 0 saturated carbocycles. The first kappa shape index (κ1) is 13.1. The van der Waals surface area contributed by atoms with E-state index in [9.17, 15) is 0 Å². The zero-order valence-corrected chi connectivity index (χ0v) is 10.9. The van der Waals surface area contributed by atoms with Gasteiger partial charge in [-0.2, -0.15) is 4.98 Å². The Kier molecular flexibility index (Phi) is 3.70. The Balaban J connectivity index is 2.95. The Morgan fingerprint density at radius 3 is 2.44 bits per heavy atom. The topological polar surface area (TPSA) is 60.2 Å². The van der Waals surface area contributed by atoms with Crippen LogP contribution >= 0.6 is 0 Å². The highest BCUT2D eigenvalue weighted by atomic mass is 16.5. The van der Waals surface area contributed by atoms with E-state index >= 15 is 0 Å². The molecule has 1 rings (SSSR count). The van der Waals surface area contributed by atoms with Gasteiger partial charge in [0, 0.05) is 7.11 Å². The molecule has 92 valence electrons. The van der Waals surface area contributed by atoms with Crippen molar-refractivity contribution in [3.8, 4) is 0 Å². The number of nitrogens with zero attached hydrogens (tertiary/aromatic N) is 2. The van der Waals surface area contributed by atoms with Crippen molar-refractivity contribution >= 4 is 0 Å². The van der Waals surface area contributed by atoms with E-state index in [4.69, 9.17) is 9.26 Å². The highest BCUT2D eigenvalue weighted by Crippen LogP contribution is 2.24. The Bertz CT molecular complexity index is 345. The van der Waals surface area contributed by atoms with Crippen LogP contribution < -0.4 is 5.32 Å². The summed E-state index contributed by atoms with van der Waals surface area (Å²) in [6.07, 6.45) is 0. The fraction of sp³-hybridized carbons (Fsp3) is 0.818. The number of methoxy groups -OCH3 is 1. The third-order valence-electron chi connectivity index (χ3n) is 2.63. The van der Waals surface area contributed by atoms with Crippen LogP contribution in [0.1, 0.15) is 46.3 Å². The van der Waals surface area contributed by atoms with Crippen molar-refractivity contribution in [2.75, 3.05) is 13.7 Å². The molecule has 16 heavy (non-hydrogen) atoms. The lowest BCUT2D eigenvalue weighted by atomic mass is 10.1. The zero-order chi connectivity index (χ0) is 12.4. The first-order valence-electron chi connectivity index (χ1n) is 5.48. The van der Waals surface area contributed by atoms with E-state index in [1.807, 2.05) is 34.6 Å². The maximum Gasteiger partial charge on any atom is 0.246 e. The molecule has 0 aromatic carbocycles. The molecule has 0 radical (unpaired) electrons. The number of aromatic nitrogens is 2. The number of hydrogen-bond acceptors (Lipinski definition) is 5. The van der Waals surface area contributed by atoms with E-state index in [1.165, 1.54) is 0 Å². The first-order chi connectivity index (χ1) is 7.33. The van der Waals surface area contributed by atoms with Crippen molar-refractivity contribution in [2.24, 2.45) is 0 Å². The van der Waals surface area contributed by atoms with Crippen LogP contribution in [0.25, 0.3) is 0 Å². The van der Waals surface area contributed by atoms with Gasteiger partial charge in [0.05, 0.1) is 5.54 Å². The maximum absolute atomic E-state index is 5.30. The fourth-order valence-electron chi connectivity index (χ4n) is 1.33. The average Bonchev–Trinajstić information content (AvgIpc) is 2.67. The van der Waals surface area contributed by atoms with Crippen LogP contribution in [0.2, 0.25) is 0 Å². The minimum atomic E-state index is -0.524. The van der Waals surface area contributed by atoms with Crippen LogP contribution in [0.5, 0.6) is 0 Å². The van der Waals surface area contributed by atoms with Crippen molar-refractivity contribution < 1.29 is 9.26 Å². The second-order valence-corrected chi connectivity index (χ2v) is 4.79. The zero-order valence-electron chi connectivity index (χ0n) is 10.9. The molecule has 5 nitrogen and oxygen atoms in total. The van der Waals surface area contributed by atoms with Gasteiger partial charge in [-0.25, -0.2) is 0 Å². The third kappa shape index (κ3) is 2.59. The summed E-state index contributed by atoms with van der Waals surface area (Å²) in [6.45, 7) is 10.7. The number of nitrogens with one attached hydrogen (secondary N) is 1. The normalized spacial score (nSPS) is 13.1. The van der Waals surface area contributed by atoms with Gasteiger partial charge in [0.15, 0.2) is 0 Å². The maximum atomic E-state index is 5.30. The van der Waals surface area contributed by atoms with Crippen molar-refractivity contribution in [1.82, 2.24) is 15.5 Å². The summed E-state index contributed by atoms with van der Waals surface area (Å²) in [6, 6.07) is 0. The van der Waals surface area contributed by atoms with Crippen LogP contribution in [-0.2, 0) is 15.9 Å². The summed E-state index contributed by atoms with van der Waals surface area (Å²) < 4.78 is 10.6. The second-order valence-electron chi connectivity index (χ2n) is 4.79. The largest absolute Gasteiger partial charge is 0.371 e. The van der Waals surface area contributed by atoms with E-state index in [0.29, 0.717) is 11.7 Å². The van der Waals surface area contributed by atoms with Gasteiger partial charge in [0.25, 0.3) is 0 Å². The molecule has 1 heterocycles. The molecule has 0 aliphatic heterocycles. The molecular weight excluding hydrogens is 206 g/mol. The van der Waals surface area contributed by atoms with E-state index < -0.39 is 5.60 Å². The summed E-state index contributed by atoms with van der Waals surface area (Å²) in [5.74, 6) is 1.14. The standard InChI is InChI=1S/C11H21N3O2/c1-7-12-10(2,3)9-13-8(14-16-9)11(4,5)15-6/h12H,7H2,1-6H3. The van der Waals surface area contributed by atoms with Crippen LogP contribution in [-0.4, -0.2) is 23.8 Å². The molecule has 0 atom stereocenters. The second kappa shape index (κ2) is 4.51. The predicted molar refractivity (Wildman–Crippen MR) is 61.0 cm³/mol. The molecule has 0 spiro atoms. The van der Waals surface area contributed by atoms with Gasteiger partial charge in [-0.3, -0.25) is 0 Å². The van der Waals surface area contributed by atoms with E-state index in [2.05, 4.69) is 15.5 Å². The van der Waals surface area contributed by atoms with Crippen molar-refractivity contribution in [3.63, 3.8) is 0 Å². The summed E-state index contributed by atoms with van der Waals surface area (Å²) in [4.78, 5) is 4.38. The van der Waals surface area contributed by atoms with Gasteiger partial charge >= 0.3 is 0 Å². The molecule has 0 aliphatic carbocycles. The summed E-state index contributed by atoms with van der Waals surface area (Å²) in [5, 5.41) is 7.24. The SMILES string of the molecule is CCNC(C)(C)c1nc(C(C)(C)OC)no1. The predicted octanol–water partition coefficient (Wildman–Crippen LogP) is 1.80. The smallest absolute Gasteiger partial charge is 0.246 e. The molecule has 0 unspecified atom stereocenters. The third-order valence-corrected chi connectivity index (χ3v) is 2.63. The lowest BCUT2D eigenvalue weighted by molar-refractivity contribution is 0.00973.